The van der Waals surface area contributed by atoms with Crippen LogP contribution in [-0.2, 0) is 0 Å². The second-order valence-corrected chi connectivity index (χ2v) is 4.26. The van der Waals surface area contributed by atoms with Crippen molar-refractivity contribution in [3.8, 4) is 0 Å². The molecule has 1 aromatic rings. The van der Waals surface area contributed by atoms with Gasteiger partial charge in [-0.2, -0.15) is 0 Å². The van der Waals surface area contributed by atoms with Gasteiger partial charge in [0.05, 0.1) is 12.6 Å². The average Bonchev–Trinajstić information content (AvgIpc) is 2.83. The van der Waals surface area contributed by atoms with Crippen LogP contribution in [0.15, 0.2) is 0 Å². The SMILES string of the molecule is Cc1nc(C(=O)N2CCC(C)C2CO)n[nH]1. The van der Waals surface area contributed by atoms with E-state index in [-0.39, 0.29) is 24.4 Å². The average molecular weight is 224 g/mol. The van der Waals surface area contributed by atoms with Crippen LogP contribution in [0.4, 0.5) is 0 Å². The van der Waals surface area contributed by atoms with E-state index in [1.165, 1.54) is 0 Å². The molecule has 0 aromatic carbocycles. The molecule has 6 nitrogen and oxygen atoms in total. The first-order chi connectivity index (χ1) is 7.63. The highest BCUT2D eigenvalue weighted by atomic mass is 16.3. The van der Waals surface area contributed by atoms with Crippen LogP contribution in [-0.4, -0.2) is 50.3 Å². The number of amides is 1. The number of likely N-dealkylation sites (tertiary alicyclic amines) is 1. The van der Waals surface area contributed by atoms with Crippen LogP contribution in [0.1, 0.15) is 29.8 Å². The third-order valence-corrected chi connectivity index (χ3v) is 3.12. The number of rotatable bonds is 2. The monoisotopic (exact) mass is 224 g/mol. The Balaban J connectivity index is 2.16. The third kappa shape index (κ3) is 1.80. The van der Waals surface area contributed by atoms with Gasteiger partial charge in [0.25, 0.3) is 5.91 Å². The Morgan fingerprint density at radius 3 is 3.00 bits per heavy atom. The Morgan fingerprint density at radius 2 is 2.44 bits per heavy atom. The number of aromatic amines is 1. The quantitative estimate of drug-likeness (QED) is 0.738. The lowest BCUT2D eigenvalue weighted by molar-refractivity contribution is 0.0636. The minimum absolute atomic E-state index is 0.00366. The summed E-state index contributed by atoms with van der Waals surface area (Å²) in [6, 6.07) is -0.105. The fourth-order valence-electron chi connectivity index (χ4n) is 2.11. The van der Waals surface area contributed by atoms with Crippen LogP contribution < -0.4 is 0 Å². The Morgan fingerprint density at radius 1 is 1.69 bits per heavy atom. The van der Waals surface area contributed by atoms with Crippen molar-refractivity contribution in [3.63, 3.8) is 0 Å². The zero-order valence-corrected chi connectivity index (χ0v) is 9.47. The molecular formula is C10H16N4O2. The van der Waals surface area contributed by atoms with Crippen molar-refractivity contribution in [1.82, 2.24) is 20.1 Å². The van der Waals surface area contributed by atoms with Crippen molar-refractivity contribution in [2.45, 2.75) is 26.3 Å². The smallest absolute Gasteiger partial charge is 0.293 e. The summed E-state index contributed by atoms with van der Waals surface area (Å²) < 4.78 is 0. The van der Waals surface area contributed by atoms with E-state index in [1.54, 1.807) is 11.8 Å². The molecule has 0 bridgehead atoms. The zero-order chi connectivity index (χ0) is 11.7. The van der Waals surface area contributed by atoms with E-state index in [4.69, 9.17) is 0 Å². The van der Waals surface area contributed by atoms with Gasteiger partial charge in [0.1, 0.15) is 5.82 Å². The highest BCUT2D eigenvalue weighted by Crippen LogP contribution is 2.24. The number of carbonyl (C=O) groups is 1. The first kappa shape index (κ1) is 11.1. The fraction of sp³-hybridized carbons (Fsp3) is 0.700. The lowest BCUT2D eigenvalue weighted by Gasteiger charge is -2.23. The van der Waals surface area contributed by atoms with Crippen molar-refractivity contribution < 1.29 is 9.90 Å². The Hall–Kier alpha value is -1.43. The number of aliphatic hydroxyl groups excluding tert-OH is 1. The third-order valence-electron chi connectivity index (χ3n) is 3.12. The highest BCUT2D eigenvalue weighted by Gasteiger charge is 2.35. The molecule has 0 aliphatic carbocycles. The van der Waals surface area contributed by atoms with Crippen LogP contribution in [0.2, 0.25) is 0 Å². The van der Waals surface area contributed by atoms with Crippen LogP contribution >= 0.6 is 0 Å². The maximum absolute atomic E-state index is 12.0. The van der Waals surface area contributed by atoms with Crippen molar-refractivity contribution in [2.24, 2.45) is 5.92 Å². The molecule has 0 radical (unpaired) electrons. The largest absolute Gasteiger partial charge is 0.394 e. The summed E-state index contributed by atoms with van der Waals surface area (Å²) >= 11 is 0. The summed E-state index contributed by atoms with van der Waals surface area (Å²) in [6.45, 7) is 4.45. The van der Waals surface area contributed by atoms with Crippen LogP contribution in [0.25, 0.3) is 0 Å². The molecule has 16 heavy (non-hydrogen) atoms. The molecule has 0 saturated carbocycles. The number of nitrogens with one attached hydrogen (secondary N) is 1. The second kappa shape index (κ2) is 4.21. The molecule has 0 spiro atoms. The van der Waals surface area contributed by atoms with Crippen molar-refractivity contribution in [2.75, 3.05) is 13.2 Å². The summed E-state index contributed by atoms with van der Waals surface area (Å²) in [5, 5.41) is 15.8. The lowest BCUT2D eigenvalue weighted by Crippen LogP contribution is -2.40. The van der Waals surface area contributed by atoms with Gasteiger partial charge in [-0.05, 0) is 19.3 Å². The van der Waals surface area contributed by atoms with Gasteiger partial charge in [-0.25, -0.2) is 4.98 Å². The number of aliphatic hydroxyl groups is 1. The van der Waals surface area contributed by atoms with Crippen molar-refractivity contribution in [3.05, 3.63) is 11.6 Å². The molecule has 88 valence electrons. The number of hydrogen-bond donors (Lipinski definition) is 2. The molecule has 1 aromatic heterocycles. The molecule has 2 atom stereocenters. The number of nitrogens with zero attached hydrogens (tertiary/aromatic N) is 3. The number of aromatic nitrogens is 3. The maximum atomic E-state index is 12.0. The topological polar surface area (TPSA) is 82.1 Å². The maximum Gasteiger partial charge on any atom is 0.293 e. The lowest BCUT2D eigenvalue weighted by atomic mass is 10.0. The van der Waals surface area contributed by atoms with Gasteiger partial charge in [-0.15, -0.1) is 5.10 Å². The Kier molecular flexibility index (Phi) is 2.91. The van der Waals surface area contributed by atoms with Crippen molar-refractivity contribution >= 4 is 5.91 Å². The fourth-order valence-corrected chi connectivity index (χ4v) is 2.11. The molecule has 1 amide bonds. The van der Waals surface area contributed by atoms with E-state index in [2.05, 4.69) is 15.2 Å². The predicted molar refractivity (Wildman–Crippen MR) is 56.8 cm³/mol. The molecule has 1 saturated heterocycles. The zero-order valence-electron chi connectivity index (χ0n) is 9.47. The van der Waals surface area contributed by atoms with E-state index >= 15 is 0 Å². The minimum Gasteiger partial charge on any atom is -0.394 e. The molecular weight excluding hydrogens is 208 g/mol. The molecule has 2 unspecified atom stereocenters. The van der Waals surface area contributed by atoms with Gasteiger partial charge >= 0.3 is 0 Å². The van der Waals surface area contributed by atoms with Crippen LogP contribution in [0.3, 0.4) is 0 Å². The first-order valence-corrected chi connectivity index (χ1v) is 5.44. The number of H-pyrrole nitrogens is 1. The molecule has 6 heteroatoms. The number of aryl methyl sites for hydroxylation is 1. The van der Waals surface area contributed by atoms with Gasteiger partial charge in [-0.1, -0.05) is 6.92 Å². The number of hydrogen-bond acceptors (Lipinski definition) is 4. The van der Waals surface area contributed by atoms with E-state index in [0.717, 1.165) is 6.42 Å². The van der Waals surface area contributed by atoms with E-state index < -0.39 is 0 Å². The van der Waals surface area contributed by atoms with Gasteiger partial charge < -0.3 is 10.0 Å². The molecule has 2 heterocycles. The molecule has 1 aliphatic heterocycles. The van der Waals surface area contributed by atoms with Gasteiger partial charge in [0.15, 0.2) is 0 Å². The van der Waals surface area contributed by atoms with E-state index in [9.17, 15) is 9.90 Å². The molecule has 2 N–H and O–H groups in total. The van der Waals surface area contributed by atoms with Crippen LogP contribution in [0, 0.1) is 12.8 Å². The molecule has 1 fully saturated rings. The standard InChI is InChI=1S/C10H16N4O2/c1-6-3-4-14(8(6)5-15)10(16)9-11-7(2)12-13-9/h6,8,15H,3-5H2,1-2H3,(H,11,12,13). The van der Waals surface area contributed by atoms with Crippen LogP contribution in [0.5, 0.6) is 0 Å². The predicted octanol–water partition coefficient (Wildman–Crippen LogP) is -0.0440. The van der Waals surface area contributed by atoms with Gasteiger partial charge in [0.2, 0.25) is 5.82 Å². The Labute approximate surface area is 93.7 Å². The van der Waals surface area contributed by atoms with Crippen molar-refractivity contribution in [1.29, 1.82) is 0 Å². The van der Waals surface area contributed by atoms with E-state index in [0.29, 0.717) is 18.3 Å². The minimum atomic E-state index is -0.201. The Bertz CT molecular complexity index is 390. The first-order valence-electron chi connectivity index (χ1n) is 5.44. The summed E-state index contributed by atoms with van der Waals surface area (Å²) in [7, 11) is 0. The molecule has 1 aliphatic rings. The van der Waals surface area contributed by atoms with Gasteiger partial charge in [0, 0.05) is 6.54 Å². The summed E-state index contributed by atoms with van der Waals surface area (Å²) in [5.41, 5.74) is 0. The summed E-state index contributed by atoms with van der Waals surface area (Å²) in [5.74, 6) is 0.933. The number of carbonyl (C=O) groups excluding carboxylic acids is 1. The van der Waals surface area contributed by atoms with E-state index in [1.807, 2.05) is 6.92 Å². The molecule has 2 rings (SSSR count). The summed E-state index contributed by atoms with van der Waals surface area (Å²) in [6.07, 6.45) is 0.917. The second-order valence-electron chi connectivity index (χ2n) is 4.26. The normalized spacial score (nSPS) is 25.1. The highest BCUT2D eigenvalue weighted by molar-refractivity contribution is 5.90. The summed E-state index contributed by atoms with van der Waals surface area (Å²) in [4.78, 5) is 17.7. The van der Waals surface area contributed by atoms with Gasteiger partial charge in [-0.3, -0.25) is 9.89 Å².